The van der Waals surface area contributed by atoms with Gasteiger partial charge >= 0.3 is 5.97 Å². The fourth-order valence-corrected chi connectivity index (χ4v) is 2.03. The molecule has 1 aromatic carbocycles. The molecule has 1 atom stereocenters. The topological polar surface area (TPSA) is 70.1 Å². The van der Waals surface area contributed by atoms with Crippen molar-refractivity contribution in [2.24, 2.45) is 5.73 Å². The van der Waals surface area contributed by atoms with Gasteiger partial charge in [0.2, 0.25) is 0 Å². The van der Waals surface area contributed by atoms with Crippen molar-refractivity contribution in [2.45, 2.75) is 12.5 Å². The summed E-state index contributed by atoms with van der Waals surface area (Å²) in [5, 5.41) is 0. The van der Waals surface area contributed by atoms with Gasteiger partial charge in [0.15, 0.2) is 0 Å². The summed E-state index contributed by atoms with van der Waals surface area (Å²) in [5.74, 6) is 0.396. The van der Waals surface area contributed by atoms with Gasteiger partial charge in [0, 0.05) is 0 Å². The molecule has 0 aliphatic rings. The molecule has 1 heterocycles. The van der Waals surface area contributed by atoms with Gasteiger partial charge in [-0.2, -0.15) is 16.5 Å². The molecule has 0 spiro atoms. The number of fused-ring (bicyclic) bond motifs is 1. The third kappa shape index (κ3) is 2.83. The minimum atomic E-state index is -0.599. The second-order valence-electron chi connectivity index (χ2n) is 3.86. The average Bonchev–Trinajstić information content (AvgIpc) is 2.79. The quantitative estimate of drug-likeness (QED) is 0.875. The molecule has 2 N–H and O–H groups in total. The summed E-state index contributed by atoms with van der Waals surface area (Å²) in [6, 6.07) is 6.84. The maximum Gasteiger partial charge on any atom is 0.349 e. The first-order valence-electron chi connectivity index (χ1n) is 5.61. The lowest BCUT2D eigenvalue weighted by atomic mass is 10.2. The van der Waals surface area contributed by atoms with Gasteiger partial charge in [0.05, 0.1) is 5.52 Å². The van der Waals surface area contributed by atoms with Crippen LogP contribution in [0.5, 0.6) is 0 Å². The Balaban J connectivity index is 2.07. The number of benzene rings is 1. The number of hydrogen-bond acceptors (Lipinski definition) is 5. The second-order valence-corrected chi connectivity index (χ2v) is 4.84. The number of rotatable bonds is 5. The summed E-state index contributed by atoms with van der Waals surface area (Å²) in [6.07, 6.45) is 4.05. The van der Waals surface area contributed by atoms with Crippen molar-refractivity contribution in [2.75, 3.05) is 12.0 Å². The number of aromatic nitrogens is 2. The van der Waals surface area contributed by atoms with Crippen LogP contribution in [0, 0.1) is 0 Å². The van der Waals surface area contributed by atoms with Crippen molar-refractivity contribution in [1.29, 1.82) is 0 Å². The average molecular weight is 265 g/mol. The molecule has 5 nitrogen and oxygen atoms in total. The molecule has 18 heavy (non-hydrogen) atoms. The Hall–Kier alpha value is -1.53. The standard InChI is InChI=1S/C12H15N3O2S/c1-18-7-6-9(13)12(16)17-15-8-14-10-4-2-3-5-11(10)15/h2-5,8-9H,6-7,13H2,1H3/t9-/m0/s1. The third-order valence-corrected chi connectivity index (χ3v) is 3.19. The van der Waals surface area contributed by atoms with E-state index in [1.165, 1.54) is 11.1 Å². The first-order chi connectivity index (χ1) is 8.72. The highest BCUT2D eigenvalue weighted by molar-refractivity contribution is 7.98. The first kappa shape index (κ1) is 12.9. The molecule has 0 aliphatic heterocycles. The lowest BCUT2D eigenvalue weighted by Crippen LogP contribution is -2.37. The lowest BCUT2D eigenvalue weighted by Gasteiger charge is -2.10. The maximum absolute atomic E-state index is 11.8. The molecule has 0 fully saturated rings. The first-order valence-corrected chi connectivity index (χ1v) is 7.00. The number of nitrogens with zero attached hydrogens (tertiary/aromatic N) is 2. The van der Waals surface area contributed by atoms with Gasteiger partial charge in [-0.1, -0.05) is 12.1 Å². The Morgan fingerprint density at radius 1 is 1.56 bits per heavy atom. The third-order valence-electron chi connectivity index (χ3n) is 2.54. The van der Waals surface area contributed by atoms with Gasteiger partial charge in [-0.15, -0.1) is 0 Å². The SMILES string of the molecule is CSCC[C@H](N)C(=O)On1cnc2ccccc21. The molecule has 2 aromatic rings. The summed E-state index contributed by atoms with van der Waals surface area (Å²) in [4.78, 5) is 21.1. The molecule has 0 aliphatic carbocycles. The van der Waals surface area contributed by atoms with Crippen LogP contribution in [-0.2, 0) is 4.79 Å². The summed E-state index contributed by atoms with van der Waals surface area (Å²) >= 11 is 1.65. The Morgan fingerprint density at radius 3 is 3.11 bits per heavy atom. The Labute approximate surface area is 109 Å². The van der Waals surface area contributed by atoms with Crippen molar-refractivity contribution >= 4 is 28.8 Å². The number of para-hydroxylation sites is 2. The van der Waals surface area contributed by atoms with E-state index >= 15 is 0 Å². The normalized spacial score (nSPS) is 12.6. The zero-order valence-corrected chi connectivity index (χ0v) is 10.9. The van der Waals surface area contributed by atoms with Crippen LogP contribution in [0.1, 0.15) is 6.42 Å². The van der Waals surface area contributed by atoms with Gasteiger partial charge in [-0.25, -0.2) is 9.78 Å². The van der Waals surface area contributed by atoms with E-state index in [4.69, 9.17) is 10.6 Å². The summed E-state index contributed by atoms with van der Waals surface area (Å²) in [7, 11) is 0. The van der Waals surface area contributed by atoms with Crippen molar-refractivity contribution in [3.05, 3.63) is 30.6 Å². The summed E-state index contributed by atoms with van der Waals surface area (Å²) in [5.41, 5.74) is 7.28. The van der Waals surface area contributed by atoms with Crippen LogP contribution in [0.15, 0.2) is 30.6 Å². The predicted octanol–water partition coefficient (Wildman–Crippen LogP) is 1.07. The molecule has 1 aromatic heterocycles. The van der Waals surface area contributed by atoms with Gasteiger partial charge < -0.3 is 10.6 Å². The van der Waals surface area contributed by atoms with Crippen molar-refractivity contribution in [1.82, 2.24) is 9.71 Å². The maximum atomic E-state index is 11.8. The number of nitrogens with two attached hydrogens (primary N) is 1. The van der Waals surface area contributed by atoms with Gasteiger partial charge in [0.1, 0.15) is 17.9 Å². The minimum Gasteiger partial charge on any atom is -0.333 e. The molecule has 96 valence electrons. The van der Waals surface area contributed by atoms with Gasteiger partial charge in [0.25, 0.3) is 0 Å². The van der Waals surface area contributed by atoms with E-state index < -0.39 is 12.0 Å². The van der Waals surface area contributed by atoms with E-state index in [1.807, 2.05) is 30.5 Å². The van der Waals surface area contributed by atoms with Crippen LogP contribution in [-0.4, -0.2) is 33.7 Å². The highest BCUT2D eigenvalue weighted by Crippen LogP contribution is 2.10. The van der Waals surface area contributed by atoms with Crippen LogP contribution < -0.4 is 10.6 Å². The van der Waals surface area contributed by atoms with E-state index in [9.17, 15) is 4.79 Å². The zero-order chi connectivity index (χ0) is 13.0. The van der Waals surface area contributed by atoms with Crippen LogP contribution in [0.3, 0.4) is 0 Å². The molecule has 0 saturated carbocycles. The molecular formula is C12H15N3O2S. The molecule has 0 saturated heterocycles. The minimum absolute atomic E-state index is 0.438. The number of hydrogen-bond donors (Lipinski definition) is 1. The van der Waals surface area contributed by atoms with Crippen LogP contribution >= 0.6 is 11.8 Å². The van der Waals surface area contributed by atoms with Gasteiger partial charge in [-0.3, -0.25) is 0 Å². The molecule has 0 radical (unpaired) electrons. The fourth-order valence-electron chi connectivity index (χ4n) is 1.54. The molecule has 0 bridgehead atoms. The Bertz CT molecular complexity index is 541. The Morgan fingerprint density at radius 2 is 2.33 bits per heavy atom. The number of imidazole rings is 1. The van der Waals surface area contributed by atoms with Crippen molar-refractivity contribution in [3.63, 3.8) is 0 Å². The molecular weight excluding hydrogens is 250 g/mol. The number of carbonyl (C=O) groups excluding carboxylic acids is 1. The monoisotopic (exact) mass is 265 g/mol. The van der Waals surface area contributed by atoms with E-state index in [-0.39, 0.29) is 0 Å². The summed E-state index contributed by atoms with van der Waals surface area (Å²) < 4.78 is 1.36. The largest absolute Gasteiger partial charge is 0.349 e. The predicted molar refractivity (Wildman–Crippen MR) is 72.3 cm³/mol. The van der Waals surface area contributed by atoms with Crippen LogP contribution in [0.4, 0.5) is 0 Å². The zero-order valence-electron chi connectivity index (χ0n) is 10.1. The number of carbonyl (C=O) groups is 1. The molecule has 2 rings (SSSR count). The Kier molecular flexibility index (Phi) is 4.22. The molecule has 6 heteroatoms. The van der Waals surface area contributed by atoms with Crippen LogP contribution in [0.2, 0.25) is 0 Å². The highest BCUT2D eigenvalue weighted by atomic mass is 32.2. The van der Waals surface area contributed by atoms with E-state index in [0.29, 0.717) is 6.42 Å². The fraction of sp³-hybridized carbons (Fsp3) is 0.333. The number of thioether (sulfide) groups is 1. The lowest BCUT2D eigenvalue weighted by molar-refractivity contribution is -0.145. The van der Waals surface area contributed by atoms with E-state index in [1.54, 1.807) is 11.8 Å². The smallest absolute Gasteiger partial charge is 0.333 e. The highest BCUT2D eigenvalue weighted by Gasteiger charge is 2.16. The van der Waals surface area contributed by atoms with Crippen LogP contribution in [0.25, 0.3) is 11.0 Å². The summed E-state index contributed by atoms with van der Waals surface area (Å²) in [6.45, 7) is 0. The van der Waals surface area contributed by atoms with Crippen molar-refractivity contribution < 1.29 is 9.63 Å². The molecule has 0 unspecified atom stereocenters. The molecule has 0 amide bonds. The van der Waals surface area contributed by atoms with Gasteiger partial charge in [-0.05, 0) is 30.6 Å². The van der Waals surface area contributed by atoms with Crippen molar-refractivity contribution in [3.8, 4) is 0 Å². The van der Waals surface area contributed by atoms with E-state index in [0.717, 1.165) is 16.8 Å². The van der Waals surface area contributed by atoms with E-state index in [2.05, 4.69) is 4.98 Å². The second kappa shape index (κ2) is 5.88.